The van der Waals surface area contributed by atoms with E-state index in [1.807, 2.05) is 60.3 Å². The van der Waals surface area contributed by atoms with E-state index in [1.54, 1.807) is 32.4 Å². The molecule has 2 aliphatic rings. The molecule has 0 aliphatic carbocycles. The molecule has 3 heterocycles. The molecule has 0 radical (unpaired) electrons. The number of nitrogens with zero attached hydrogens (tertiary/aromatic N) is 1. The minimum Gasteiger partial charge on any atom is -0.497 e. The summed E-state index contributed by atoms with van der Waals surface area (Å²) in [7, 11) is 5.17. The van der Waals surface area contributed by atoms with Gasteiger partial charge in [-0.25, -0.2) is 0 Å². The van der Waals surface area contributed by atoms with Gasteiger partial charge in [0.05, 0.1) is 26.2 Å². The number of aromatic nitrogens is 1. The zero-order chi connectivity index (χ0) is 25.0. The van der Waals surface area contributed by atoms with Gasteiger partial charge in [-0.05, 0) is 42.5 Å². The third kappa shape index (κ3) is 3.35. The molecule has 1 unspecified atom stereocenters. The molecule has 2 aliphatic heterocycles. The number of rotatable bonds is 4. The predicted octanol–water partition coefficient (Wildman–Crippen LogP) is 5.25. The summed E-state index contributed by atoms with van der Waals surface area (Å²) >= 11 is 0. The Labute approximate surface area is 207 Å². The first-order valence-corrected chi connectivity index (χ1v) is 11.6. The molecule has 0 saturated carbocycles. The molecule has 7 nitrogen and oxygen atoms in total. The van der Waals surface area contributed by atoms with E-state index in [-0.39, 0.29) is 29.9 Å². The van der Waals surface area contributed by atoms with Crippen molar-refractivity contribution in [2.24, 2.45) is 7.05 Å². The Morgan fingerprint density at radius 2 is 1.83 bits per heavy atom. The van der Waals surface area contributed by atoms with E-state index in [1.165, 1.54) is 0 Å². The number of carbonyl (C=O) groups is 2. The molecule has 4 aromatic rings. The van der Waals surface area contributed by atoms with Gasteiger partial charge in [-0.15, -0.1) is 0 Å². The molecule has 0 fully saturated rings. The molecule has 0 N–H and O–H groups in total. The third-order valence-corrected chi connectivity index (χ3v) is 6.81. The van der Waals surface area contributed by atoms with Gasteiger partial charge in [0, 0.05) is 46.8 Å². The molecule has 7 heteroatoms. The molecule has 0 amide bonds. The SMILES string of the molecule is COc1ccc2c(c1)c(C=C1Oc3c(ccc4c3C(c3ccccc3OC)CC(=O)O4)C1=O)cn2C. The smallest absolute Gasteiger partial charge is 0.312 e. The number of esters is 1. The van der Waals surface area contributed by atoms with Crippen molar-refractivity contribution in [1.82, 2.24) is 4.57 Å². The van der Waals surface area contributed by atoms with Crippen molar-refractivity contribution >= 4 is 28.7 Å². The van der Waals surface area contributed by atoms with Crippen molar-refractivity contribution in [2.45, 2.75) is 12.3 Å². The van der Waals surface area contributed by atoms with Crippen molar-refractivity contribution in [3.05, 3.63) is 88.8 Å². The van der Waals surface area contributed by atoms with Crippen LogP contribution in [-0.2, 0) is 11.8 Å². The summed E-state index contributed by atoms with van der Waals surface area (Å²) in [6.45, 7) is 0. The monoisotopic (exact) mass is 481 g/mol. The summed E-state index contributed by atoms with van der Waals surface area (Å²) in [6.07, 6.45) is 3.82. The maximum absolute atomic E-state index is 13.4. The molecular weight excluding hydrogens is 458 g/mol. The first-order chi connectivity index (χ1) is 17.5. The maximum atomic E-state index is 13.4. The van der Waals surface area contributed by atoms with Gasteiger partial charge in [0.25, 0.3) is 0 Å². The number of ketones is 1. The number of hydrogen-bond donors (Lipinski definition) is 0. The van der Waals surface area contributed by atoms with Crippen molar-refractivity contribution in [3.8, 4) is 23.0 Å². The van der Waals surface area contributed by atoms with Crippen molar-refractivity contribution in [3.63, 3.8) is 0 Å². The molecule has 6 rings (SSSR count). The van der Waals surface area contributed by atoms with Crippen LogP contribution in [0, 0.1) is 0 Å². The number of aryl methyl sites for hydroxylation is 1. The van der Waals surface area contributed by atoms with E-state index in [4.69, 9.17) is 18.9 Å². The average molecular weight is 482 g/mol. The second kappa shape index (κ2) is 8.30. The number of ether oxygens (including phenoxy) is 4. The zero-order valence-electron chi connectivity index (χ0n) is 20.0. The standard InChI is InChI=1S/C29H23NO6/c1-30-15-16(20-13-17(33-2)8-10-22(20)30)12-25-28(32)19-9-11-24-27(29(19)36-25)21(14-26(31)35-24)18-6-4-5-7-23(18)34-3/h4-13,15,21H,14H2,1-3H3. The molecule has 0 bridgehead atoms. The Bertz CT molecular complexity index is 1600. The number of hydrogen-bond acceptors (Lipinski definition) is 6. The number of benzene rings is 3. The van der Waals surface area contributed by atoms with Crippen LogP contribution < -0.4 is 18.9 Å². The van der Waals surface area contributed by atoms with Gasteiger partial charge >= 0.3 is 5.97 Å². The fourth-order valence-corrected chi connectivity index (χ4v) is 5.11. The quantitative estimate of drug-likeness (QED) is 0.225. The topological polar surface area (TPSA) is 76.0 Å². The molecule has 36 heavy (non-hydrogen) atoms. The van der Waals surface area contributed by atoms with Gasteiger partial charge in [0.1, 0.15) is 23.0 Å². The normalized spacial score (nSPS) is 17.5. The Morgan fingerprint density at radius 1 is 1.00 bits per heavy atom. The number of carbonyl (C=O) groups excluding carboxylic acids is 2. The van der Waals surface area contributed by atoms with Crippen LogP contribution in [-0.4, -0.2) is 30.5 Å². The van der Waals surface area contributed by atoms with Crippen LogP contribution in [0.25, 0.3) is 17.0 Å². The lowest BCUT2D eigenvalue weighted by Gasteiger charge is -2.27. The van der Waals surface area contributed by atoms with Gasteiger partial charge < -0.3 is 23.5 Å². The molecule has 1 aromatic heterocycles. The largest absolute Gasteiger partial charge is 0.497 e. The fourth-order valence-electron chi connectivity index (χ4n) is 5.11. The summed E-state index contributed by atoms with van der Waals surface area (Å²) in [5.41, 5.74) is 3.79. The van der Waals surface area contributed by atoms with Gasteiger partial charge in [-0.3, -0.25) is 9.59 Å². The van der Waals surface area contributed by atoms with E-state index in [2.05, 4.69) is 0 Å². The Morgan fingerprint density at radius 3 is 2.64 bits per heavy atom. The summed E-state index contributed by atoms with van der Waals surface area (Å²) in [6, 6.07) is 16.7. The second-order valence-corrected chi connectivity index (χ2v) is 8.84. The van der Waals surface area contributed by atoms with Crippen LogP contribution in [0.3, 0.4) is 0 Å². The summed E-state index contributed by atoms with van der Waals surface area (Å²) in [5.74, 6) is 1.48. The Balaban J connectivity index is 1.48. The van der Waals surface area contributed by atoms with E-state index in [9.17, 15) is 9.59 Å². The number of para-hydroxylation sites is 1. The van der Waals surface area contributed by atoms with Crippen LogP contribution in [0.1, 0.15) is 39.4 Å². The third-order valence-electron chi connectivity index (χ3n) is 6.81. The lowest BCUT2D eigenvalue weighted by Crippen LogP contribution is -2.22. The average Bonchev–Trinajstić information content (AvgIpc) is 3.38. The Hall–Kier alpha value is -4.52. The van der Waals surface area contributed by atoms with Crippen LogP contribution >= 0.6 is 0 Å². The van der Waals surface area contributed by atoms with Crippen molar-refractivity contribution < 1.29 is 28.5 Å². The van der Waals surface area contributed by atoms with Crippen LogP contribution in [0.4, 0.5) is 0 Å². The highest BCUT2D eigenvalue weighted by molar-refractivity contribution is 6.15. The maximum Gasteiger partial charge on any atom is 0.312 e. The van der Waals surface area contributed by atoms with Gasteiger partial charge in [-0.1, -0.05) is 18.2 Å². The Kier molecular flexibility index (Phi) is 5.07. The lowest BCUT2D eigenvalue weighted by molar-refractivity contribution is -0.135. The number of methoxy groups -OCH3 is 2. The van der Waals surface area contributed by atoms with Gasteiger partial charge in [0.15, 0.2) is 5.76 Å². The molecule has 0 spiro atoms. The highest BCUT2D eigenvalue weighted by Gasteiger charge is 2.39. The molecule has 180 valence electrons. The molecule has 3 aromatic carbocycles. The highest BCUT2D eigenvalue weighted by atomic mass is 16.5. The number of fused-ring (bicyclic) bond motifs is 4. The van der Waals surface area contributed by atoms with Crippen molar-refractivity contribution in [2.75, 3.05) is 14.2 Å². The summed E-state index contributed by atoms with van der Waals surface area (Å²) in [4.78, 5) is 25.9. The van der Waals surface area contributed by atoms with Crippen LogP contribution in [0.5, 0.6) is 23.0 Å². The summed E-state index contributed by atoms with van der Waals surface area (Å²) < 4.78 is 24.7. The molecular formula is C29H23NO6. The van der Waals surface area contributed by atoms with E-state index in [0.29, 0.717) is 28.4 Å². The number of allylic oxidation sites excluding steroid dienone is 1. The minimum atomic E-state index is -0.374. The first-order valence-electron chi connectivity index (χ1n) is 11.6. The zero-order valence-corrected chi connectivity index (χ0v) is 20.0. The van der Waals surface area contributed by atoms with Gasteiger partial charge in [0.2, 0.25) is 5.78 Å². The van der Waals surface area contributed by atoms with Gasteiger partial charge in [-0.2, -0.15) is 0 Å². The minimum absolute atomic E-state index is 0.115. The van der Waals surface area contributed by atoms with E-state index < -0.39 is 0 Å². The van der Waals surface area contributed by atoms with E-state index in [0.717, 1.165) is 27.8 Å². The van der Waals surface area contributed by atoms with E-state index >= 15 is 0 Å². The van der Waals surface area contributed by atoms with Crippen LogP contribution in [0.2, 0.25) is 0 Å². The molecule has 1 atom stereocenters. The molecule has 0 saturated heterocycles. The lowest BCUT2D eigenvalue weighted by atomic mass is 9.84. The number of Topliss-reactive ketones (excluding diaryl/α,β-unsaturated/α-hetero) is 1. The first kappa shape index (κ1) is 22.0. The predicted molar refractivity (Wildman–Crippen MR) is 134 cm³/mol. The second-order valence-electron chi connectivity index (χ2n) is 8.84. The summed E-state index contributed by atoms with van der Waals surface area (Å²) in [5, 5.41) is 0.944. The van der Waals surface area contributed by atoms with Crippen molar-refractivity contribution in [1.29, 1.82) is 0 Å². The van der Waals surface area contributed by atoms with Crippen LogP contribution in [0.15, 0.2) is 66.6 Å². The fraction of sp³-hybridized carbons (Fsp3) is 0.172. The highest BCUT2D eigenvalue weighted by Crippen LogP contribution is 2.50.